The average molecular weight is 361 g/mol. The Hall–Kier alpha value is -2.90. The summed E-state index contributed by atoms with van der Waals surface area (Å²) < 4.78 is 15.3. The molecule has 1 aromatic heterocycles. The maximum absolute atomic E-state index is 12.2. The number of amides is 1. The van der Waals surface area contributed by atoms with Crippen molar-refractivity contribution in [3.63, 3.8) is 0 Å². The van der Waals surface area contributed by atoms with E-state index in [1.54, 1.807) is 27.7 Å². The van der Waals surface area contributed by atoms with Crippen molar-refractivity contribution in [2.75, 3.05) is 6.61 Å². The molecule has 1 heterocycles. The van der Waals surface area contributed by atoms with Gasteiger partial charge in [0.05, 0.1) is 6.61 Å². The first-order valence-electron chi connectivity index (χ1n) is 8.32. The predicted molar refractivity (Wildman–Crippen MR) is 92.5 cm³/mol. The molecule has 0 aliphatic rings. The average Bonchev–Trinajstić information content (AvgIpc) is 3.04. The minimum Gasteiger partial charge on any atom is -0.460 e. The van der Waals surface area contributed by atoms with Gasteiger partial charge in [0.25, 0.3) is 5.82 Å². The van der Waals surface area contributed by atoms with Gasteiger partial charge in [-0.25, -0.2) is 9.59 Å². The van der Waals surface area contributed by atoms with Crippen LogP contribution in [0.4, 0.5) is 4.79 Å². The van der Waals surface area contributed by atoms with Gasteiger partial charge in [-0.2, -0.15) is 4.98 Å². The Bertz CT molecular complexity index is 737. The largest absolute Gasteiger partial charge is 0.460 e. The fourth-order valence-electron chi connectivity index (χ4n) is 2.15. The summed E-state index contributed by atoms with van der Waals surface area (Å²) in [5.74, 6) is -0.771. The van der Waals surface area contributed by atoms with Crippen LogP contribution in [0.1, 0.15) is 55.8 Å². The molecule has 0 saturated heterocycles. The minimum absolute atomic E-state index is 0.0998. The van der Waals surface area contributed by atoms with E-state index in [0.29, 0.717) is 6.42 Å². The number of carbonyl (C=O) groups excluding carboxylic acids is 2. The van der Waals surface area contributed by atoms with Crippen LogP contribution in [0.5, 0.6) is 0 Å². The molecule has 1 unspecified atom stereocenters. The summed E-state index contributed by atoms with van der Waals surface area (Å²) in [5, 5.41) is 6.34. The summed E-state index contributed by atoms with van der Waals surface area (Å²) in [7, 11) is 0. The number of carbonyl (C=O) groups is 2. The molecule has 8 nitrogen and oxygen atoms in total. The van der Waals surface area contributed by atoms with Crippen molar-refractivity contribution >= 4 is 12.1 Å². The zero-order chi connectivity index (χ0) is 19.2. The summed E-state index contributed by atoms with van der Waals surface area (Å²) in [6, 6.07) is 8.84. The molecule has 1 aromatic carbocycles. The Balaban J connectivity index is 2.20. The van der Waals surface area contributed by atoms with Gasteiger partial charge in [-0.15, -0.1) is 0 Å². The van der Waals surface area contributed by atoms with E-state index in [9.17, 15) is 9.59 Å². The maximum atomic E-state index is 12.2. The highest BCUT2D eigenvalue weighted by Crippen LogP contribution is 2.18. The van der Waals surface area contributed by atoms with E-state index in [0.717, 1.165) is 5.56 Å². The Kier molecular flexibility index (Phi) is 6.32. The standard InChI is InChI=1S/C18H23N3O5/c1-5-24-16(22)14-20-15(26-21-14)13(11-12-9-7-6-8-10-12)19-17(23)25-18(2,3)4/h6-10,13H,5,11H2,1-4H3,(H,19,23). The molecule has 0 fully saturated rings. The molecule has 8 heteroatoms. The Morgan fingerprint density at radius 2 is 1.92 bits per heavy atom. The second-order valence-electron chi connectivity index (χ2n) is 6.57. The molecular weight excluding hydrogens is 338 g/mol. The molecular formula is C18H23N3O5. The lowest BCUT2D eigenvalue weighted by Crippen LogP contribution is -2.36. The van der Waals surface area contributed by atoms with E-state index in [1.807, 2.05) is 30.3 Å². The van der Waals surface area contributed by atoms with Crippen LogP contribution < -0.4 is 5.32 Å². The fourth-order valence-corrected chi connectivity index (χ4v) is 2.15. The molecule has 0 bridgehead atoms. The van der Waals surface area contributed by atoms with Gasteiger partial charge in [-0.05, 0) is 38.4 Å². The van der Waals surface area contributed by atoms with E-state index in [4.69, 9.17) is 14.0 Å². The molecule has 2 aromatic rings. The van der Waals surface area contributed by atoms with Gasteiger partial charge < -0.3 is 19.3 Å². The summed E-state index contributed by atoms with van der Waals surface area (Å²) in [4.78, 5) is 27.9. The fraction of sp³-hybridized carbons (Fsp3) is 0.444. The Morgan fingerprint density at radius 3 is 2.54 bits per heavy atom. The number of esters is 1. The third-order valence-electron chi connectivity index (χ3n) is 3.17. The molecule has 2 rings (SSSR count). The van der Waals surface area contributed by atoms with Crippen LogP contribution in [0, 0.1) is 0 Å². The van der Waals surface area contributed by atoms with E-state index in [2.05, 4.69) is 15.5 Å². The van der Waals surface area contributed by atoms with Gasteiger partial charge >= 0.3 is 12.1 Å². The second-order valence-corrected chi connectivity index (χ2v) is 6.57. The van der Waals surface area contributed by atoms with E-state index < -0.39 is 23.7 Å². The van der Waals surface area contributed by atoms with Crippen LogP contribution in [-0.4, -0.2) is 34.4 Å². The number of aromatic nitrogens is 2. The molecule has 0 saturated carbocycles. The van der Waals surface area contributed by atoms with Crippen molar-refractivity contribution in [2.24, 2.45) is 0 Å². The number of hydrogen-bond acceptors (Lipinski definition) is 7. The van der Waals surface area contributed by atoms with Crippen molar-refractivity contribution in [3.8, 4) is 0 Å². The SMILES string of the molecule is CCOC(=O)c1noc(C(Cc2ccccc2)NC(=O)OC(C)(C)C)n1. The number of hydrogen-bond donors (Lipinski definition) is 1. The molecule has 0 spiro atoms. The summed E-state index contributed by atoms with van der Waals surface area (Å²) >= 11 is 0. The number of rotatable bonds is 6. The first-order chi connectivity index (χ1) is 12.3. The van der Waals surface area contributed by atoms with Crippen LogP contribution in [0.15, 0.2) is 34.9 Å². The normalized spacial score (nSPS) is 12.3. The number of nitrogens with one attached hydrogen (secondary N) is 1. The first-order valence-corrected chi connectivity index (χ1v) is 8.32. The molecule has 0 radical (unpaired) electrons. The molecule has 0 aliphatic carbocycles. The van der Waals surface area contributed by atoms with Crippen molar-refractivity contribution in [3.05, 3.63) is 47.6 Å². The highest BCUT2D eigenvalue weighted by Gasteiger charge is 2.26. The van der Waals surface area contributed by atoms with E-state index in [-0.39, 0.29) is 18.3 Å². The molecule has 26 heavy (non-hydrogen) atoms. The van der Waals surface area contributed by atoms with Gasteiger partial charge in [0.1, 0.15) is 11.6 Å². The van der Waals surface area contributed by atoms with Gasteiger partial charge in [0, 0.05) is 6.42 Å². The highest BCUT2D eigenvalue weighted by molar-refractivity contribution is 5.84. The summed E-state index contributed by atoms with van der Waals surface area (Å²) in [6.07, 6.45) is -0.223. The number of ether oxygens (including phenoxy) is 2. The number of alkyl carbamates (subject to hydrolysis) is 1. The molecule has 1 atom stereocenters. The van der Waals surface area contributed by atoms with Crippen molar-refractivity contribution in [1.29, 1.82) is 0 Å². The highest BCUT2D eigenvalue weighted by atomic mass is 16.6. The van der Waals surface area contributed by atoms with E-state index >= 15 is 0 Å². The second kappa shape index (κ2) is 8.46. The van der Waals surface area contributed by atoms with Crippen LogP contribution in [-0.2, 0) is 15.9 Å². The zero-order valence-corrected chi connectivity index (χ0v) is 15.3. The Labute approximate surface area is 151 Å². The third kappa shape index (κ3) is 5.87. The van der Waals surface area contributed by atoms with Gasteiger partial charge in [0.2, 0.25) is 5.89 Å². The number of benzene rings is 1. The minimum atomic E-state index is -0.682. The quantitative estimate of drug-likeness (QED) is 0.789. The maximum Gasteiger partial charge on any atom is 0.408 e. The van der Waals surface area contributed by atoms with Crippen LogP contribution in [0.2, 0.25) is 0 Å². The van der Waals surface area contributed by atoms with E-state index in [1.165, 1.54) is 0 Å². The van der Waals surface area contributed by atoms with Gasteiger partial charge in [0.15, 0.2) is 0 Å². The van der Waals surface area contributed by atoms with Crippen LogP contribution in [0.25, 0.3) is 0 Å². The Morgan fingerprint density at radius 1 is 1.23 bits per heavy atom. The third-order valence-corrected chi connectivity index (χ3v) is 3.17. The molecule has 140 valence electrons. The summed E-state index contributed by atoms with van der Waals surface area (Å²) in [6.45, 7) is 7.19. The first kappa shape index (κ1) is 19.4. The number of nitrogens with zero attached hydrogens (tertiary/aromatic N) is 2. The molecule has 1 amide bonds. The molecule has 1 N–H and O–H groups in total. The lowest BCUT2D eigenvalue weighted by atomic mass is 10.1. The lowest BCUT2D eigenvalue weighted by Gasteiger charge is -2.22. The van der Waals surface area contributed by atoms with Crippen molar-refractivity contribution in [2.45, 2.75) is 45.8 Å². The zero-order valence-electron chi connectivity index (χ0n) is 15.3. The lowest BCUT2D eigenvalue weighted by molar-refractivity contribution is 0.0487. The summed E-state index contributed by atoms with van der Waals surface area (Å²) in [5.41, 5.74) is 0.302. The van der Waals surface area contributed by atoms with Gasteiger partial charge in [-0.1, -0.05) is 30.3 Å². The van der Waals surface area contributed by atoms with Gasteiger partial charge in [-0.3, -0.25) is 0 Å². The topological polar surface area (TPSA) is 104 Å². The van der Waals surface area contributed by atoms with Crippen molar-refractivity contribution < 1.29 is 23.6 Å². The van der Waals surface area contributed by atoms with Crippen molar-refractivity contribution in [1.82, 2.24) is 15.5 Å². The predicted octanol–water partition coefficient (Wildman–Crippen LogP) is 3.05. The smallest absolute Gasteiger partial charge is 0.408 e. The van der Waals surface area contributed by atoms with Crippen LogP contribution >= 0.6 is 0 Å². The molecule has 0 aliphatic heterocycles. The monoisotopic (exact) mass is 361 g/mol. The van der Waals surface area contributed by atoms with Crippen LogP contribution in [0.3, 0.4) is 0 Å².